The van der Waals surface area contributed by atoms with Gasteiger partial charge in [-0.15, -0.1) is 0 Å². The van der Waals surface area contributed by atoms with Crippen LogP contribution in [0.15, 0.2) is 70.8 Å². The van der Waals surface area contributed by atoms with Crippen LogP contribution in [0, 0.1) is 5.82 Å². The molecule has 0 atom stereocenters. The molecule has 42 heavy (non-hydrogen) atoms. The molecule has 2 aromatic heterocycles. The fraction of sp³-hybridized carbons (Fsp3) is 0.273. The van der Waals surface area contributed by atoms with Gasteiger partial charge in [-0.25, -0.2) is 4.39 Å². The molecule has 8 nitrogen and oxygen atoms in total. The van der Waals surface area contributed by atoms with Crippen molar-refractivity contribution in [1.82, 2.24) is 19.6 Å². The third-order valence-corrected chi connectivity index (χ3v) is 7.93. The fourth-order valence-corrected chi connectivity index (χ4v) is 5.54. The van der Waals surface area contributed by atoms with Crippen LogP contribution in [-0.2, 0) is 18.6 Å². The highest BCUT2D eigenvalue weighted by Gasteiger charge is 2.24. The van der Waals surface area contributed by atoms with E-state index in [-0.39, 0.29) is 23.4 Å². The minimum absolute atomic E-state index is 0.0433. The van der Waals surface area contributed by atoms with Crippen molar-refractivity contribution in [2.45, 2.75) is 59.2 Å². The summed E-state index contributed by atoms with van der Waals surface area (Å²) in [5.41, 5.74) is 12.3. The van der Waals surface area contributed by atoms with Crippen LogP contribution in [0.4, 0.5) is 4.39 Å². The Morgan fingerprint density at radius 1 is 1.02 bits per heavy atom. The second kappa shape index (κ2) is 10.0. The van der Waals surface area contributed by atoms with E-state index in [1.54, 1.807) is 18.2 Å². The van der Waals surface area contributed by atoms with Crippen molar-refractivity contribution < 1.29 is 9.50 Å². The van der Waals surface area contributed by atoms with Crippen molar-refractivity contribution >= 4 is 16.6 Å². The van der Waals surface area contributed by atoms with E-state index < -0.39 is 11.4 Å². The van der Waals surface area contributed by atoms with Crippen LogP contribution in [0.3, 0.4) is 0 Å². The number of hydrogen-bond acceptors (Lipinski definition) is 6. The van der Waals surface area contributed by atoms with E-state index in [1.165, 1.54) is 12.3 Å². The third-order valence-electron chi connectivity index (χ3n) is 7.93. The Hall–Kier alpha value is -4.63. The molecule has 6 rings (SSSR count). The molecule has 0 bridgehead atoms. The molecular formula is C33H33FN6O2. The van der Waals surface area contributed by atoms with Gasteiger partial charge in [0.1, 0.15) is 11.7 Å². The first-order valence-electron chi connectivity index (χ1n) is 13.9. The first-order valence-corrected chi connectivity index (χ1v) is 13.9. The molecule has 0 unspecified atom stereocenters. The SMILES string of the molecule is CC(C)n1cc(-c2cc(-c3cccc(-n4ncc5cc(C(C)(C)C)cc(F)c5c4=O)c3CO)cc3c2CN=C3N)cn1. The maximum atomic E-state index is 15.4. The van der Waals surface area contributed by atoms with Crippen molar-refractivity contribution in [3.8, 4) is 27.9 Å². The van der Waals surface area contributed by atoms with Crippen LogP contribution in [0.2, 0.25) is 0 Å². The predicted octanol–water partition coefficient (Wildman–Crippen LogP) is 5.64. The quantitative estimate of drug-likeness (QED) is 0.287. The molecule has 0 saturated carbocycles. The number of benzene rings is 3. The number of amidine groups is 1. The van der Waals surface area contributed by atoms with Gasteiger partial charge in [-0.1, -0.05) is 32.9 Å². The van der Waals surface area contributed by atoms with E-state index in [2.05, 4.69) is 29.0 Å². The first-order chi connectivity index (χ1) is 20.0. The molecule has 3 N–H and O–H groups in total. The lowest BCUT2D eigenvalue weighted by molar-refractivity contribution is 0.282. The summed E-state index contributed by atoms with van der Waals surface area (Å²) in [6.45, 7) is 10.2. The second-order valence-electron chi connectivity index (χ2n) is 12.0. The number of aromatic nitrogens is 4. The molecule has 0 aliphatic carbocycles. The number of fused-ring (bicyclic) bond motifs is 2. The van der Waals surface area contributed by atoms with E-state index >= 15 is 4.39 Å². The average Bonchev–Trinajstić information content (AvgIpc) is 3.59. The minimum atomic E-state index is -0.597. The molecule has 0 saturated heterocycles. The lowest BCUT2D eigenvalue weighted by Gasteiger charge is -2.20. The number of halogens is 1. The third kappa shape index (κ3) is 4.50. The lowest BCUT2D eigenvalue weighted by atomic mass is 9.86. The van der Waals surface area contributed by atoms with Gasteiger partial charge in [0, 0.05) is 34.3 Å². The number of aliphatic hydroxyl groups is 1. The van der Waals surface area contributed by atoms with Crippen molar-refractivity contribution in [1.29, 1.82) is 0 Å². The van der Waals surface area contributed by atoms with E-state index in [4.69, 9.17) is 5.73 Å². The van der Waals surface area contributed by atoms with Gasteiger partial charge in [0.05, 0.1) is 36.6 Å². The zero-order valence-corrected chi connectivity index (χ0v) is 24.3. The molecule has 1 aliphatic heterocycles. The largest absolute Gasteiger partial charge is 0.392 e. The Balaban J connectivity index is 1.54. The van der Waals surface area contributed by atoms with E-state index in [9.17, 15) is 9.90 Å². The van der Waals surface area contributed by atoms with E-state index in [0.717, 1.165) is 38.1 Å². The van der Waals surface area contributed by atoms with Crippen LogP contribution >= 0.6 is 0 Å². The first kappa shape index (κ1) is 27.5. The number of aliphatic imine (C=N–C) groups is 1. The Bertz CT molecular complexity index is 1960. The smallest absolute Gasteiger partial charge is 0.282 e. The van der Waals surface area contributed by atoms with Crippen molar-refractivity contribution in [2.24, 2.45) is 10.7 Å². The summed E-state index contributed by atoms with van der Waals surface area (Å²) in [5.74, 6) is -0.149. The highest BCUT2D eigenvalue weighted by molar-refractivity contribution is 6.04. The molecule has 0 radical (unpaired) electrons. The molecular weight excluding hydrogens is 531 g/mol. The van der Waals surface area contributed by atoms with E-state index in [1.807, 2.05) is 56.0 Å². The number of rotatable bonds is 5. The molecule has 3 heterocycles. The van der Waals surface area contributed by atoms with Gasteiger partial charge in [-0.05, 0) is 77.4 Å². The van der Waals surface area contributed by atoms with Gasteiger partial charge in [0.2, 0.25) is 0 Å². The van der Waals surface area contributed by atoms with Crippen LogP contribution in [-0.4, -0.2) is 30.5 Å². The molecule has 1 aliphatic rings. The second-order valence-corrected chi connectivity index (χ2v) is 12.0. The van der Waals surface area contributed by atoms with Gasteiger partial charge >= 0.3 is 0 Å². The Morgan fingerprint density at radius 2 is 1.79 bits per heavy atom. The number of hydrogen-bond donors (Lipinski definition) is 2. The molecule has 214 valence electrons. The summed E-state index contributed by atoms with van der Waals surface area (Å²) in [4.78, 5) is 18.1. The van der Waals surface area contributed by atoms with Gasteiger partial charge in [0.15, 0.2) is 0 Å². The molecule has 0 amide bonds. The monoisotopic (exact) mass is 564 g/mol. The molecule has 0 spiro atoms. The lowest BCUT2D eigenvalue weighted by Crippen LogP contribution is -2.24. The topological polar surface area (TPSA) is 111 Å². The molecule has 9 heteroatoms. The van der Waals surface area contributed by atoms with Crippen molar-refractivity contribution in [2.75, 3.05) is 0 Å². The maximum absolute atomic E-state index is 15.4. The van der Waals surface area contributed by atoms with Gasteiger partial charge < -0.3 is 10.8 Å². The summed E-state index contributed by atoms with van der Waals surface area (Å²) in [6, 6.07) is 12.8. The summed E-state index contributed by atoms with van der Waals surface area (Å²) in [6.07, 6.45) is 5.33. The number of nitrogens with two attached hydrogens (primary N) is 1. The Morgan fingerprint density at radius 3 is 2.48 bits per heavy atom. The number of nitrogens with zero attached hydrogens (tertiary/aromatic N) is 5. The molecule has 3 aromatic carbocycles. The minimum Gasteiger partial charge on any atom is -0.392 e. The van der Waals surface area contributed by atoms with Crippen LogP contribution < -0.4 is 11.3 Å². The fourth-order valence-electron chi connectivity index (χ4n) is 5.54. The molecule has 5 aromatic rings. The van der Waals surface area contributed by atoms with Gasteiger partial charge in [-0.2, -0.15) is 14.9 Å². The number of aliphatic hydroxyl groups excluding tert-OH is 1. The summed E-state index contributed by atoms with van der Waals surface area (Å²) >= 11 is 0. The average molecular weight is 565 g/mol. The molecule has 0 fully saturated rings. The standard InChI is InChI=1S/C33H33FN6O2/c1-18(2)39-16-21(14-37-39)24-10-19(11-25-26(24)15-36-31(25)35)23-7-6-8-29(27(23)17-41)40-32(42)30-20(13-38-40)9-22(12-28(30)34)33(3,4)5/h6-14,16,18,41H,15,17H2,1-5H3,(H2,35,36). The van der Waals surface area contributed by atoms with Gasteiger partial charge in [0.25, 0.3) is 5.56 Å². The highest BCUT2D eigenvalue weighted by atomic mass is 19.1. The normalized spacial score (nSPS) is 13.2. The maximum Gasteiger partial charge on any atom is 0.282 e. The van der Waals surface area contributed by atoms with Crippen LogP contribution in [0.1, 0.15) is 62.9 Å². The van der Waals surface area contributed by atoms with E-state index in [0.29, 0.717) is 34.6 Å². The zero-order chi connectivity index (χ0) is 29.9. The zero-order valence-electron chi connectivity index (χ0n) is 24.3. The Kier molecular flexibility index (Phi) is 6.57. The predicted molar refractivity (Wildman–Crippen MR) is 163 cm³/mol. The van der Waals surface area contributed by atoms with Crippen molar-refractivity contribution in [3.05, 3.63) is 99.5 Å². The highest BCUT2D eigenvalue weighted by Crippen LogP contribution is 2.37. The summed E-state index contributed by atoms with van der Waals surface area (Å²) < 4.78 is 18.4. The van der Waals surface area contributed by atoms with Crippen LogP contribution in [0.5, 0.6) is 0 Å². The van der Waals surface area contributed by atoms with Crippen molar-refractivity contribution in [3.63, 3.8) is 0 Å². The summed E-state index contributed by atoms with van der Waals surface area (Å²) in [5, 5.41) is 19.9. The summed E-state index contributed by atoms with van der Waals surface area (Å²) in [7, 11) is 0. The van der Waals surface area contributed by atoms with Gasteiger partial charge in [-0.3, -0.25) is 14.5 Å². The Labute approximate surface area is 243 Å². The van der Waals surface area contributed by atoms with Crippen LogP contribution in [0.25, 0.3) is 38.7 Å².